The molecule has 0 aliphatic carbocycles. The van der Waals surface area contributed by atoms with Gasteiger partial charge in [0.05, 0.1) is 25.3 Å². The van der Waals surface area contributed by atoms with Crippen molar-refractivity contribution in [2.45, 2.75) is 19.0 Å². The fourth-order valence-corrected chi connectivity index (χ4v) is 3.14. The SMILES string of the molecule is COc1cc(C#N)ccc1OCC1CCCN(c2ccnc(C(F)(F)F)n2)C1. The molecule has 1 saturated heterocycles. The number of methoxy groups -OCH3 is 1. The monoisotopic (exact) mass is 392 g/mol. The van der Waals surface area contributed by atoms with E-state index in [4.69, 9.17) is 14.7 Å². The Labute approximate surface area is 160 Å². The molecule has 1 aromatic heterocycles. The molecule has 0 N–H and O–H groups in total. The van der Waals surface area contributed by atoms with Crippen LogP contribution in [0.25, 0.3) is 0 Å². The smallest absolute Gasteiger partial charge is 0.451 e. The number of alkyl halides is 3. The van der Waals surface area contributed by atoms with Crippen molar-refractivity contribution >= 4 is 5.82 Å². The number of hydrogen-bond acceptors (Lipinski definition) is 6. The molecular formula is C19H19F3N4O2. The Morgan fingerprint density at radius 3 is 2.82 bits per heavy atom. The van der Waals surface area contributed by atoms with E-state index in [1.807, 2.05) is 11.0 Å². The molecule has 0 bridgehead atoms. The molecule has 0 saturated carbocycles. The van der Waals surface area contributed by atoms with E-state index in [1.165, 1.54) is 13.2 Å². The Morgan fingerprint density at radius 1 is 1.29 bits per heavy atom. The first-order valence-electron chi connectivity index (χ1n) is 8.77. The average molecular weight is 392 g/mol. The molecule has 2 heterocycles. The number of hydrogen-bond donors (Lipinski definition) is 0. The first-order chi connectivity index (χ1) is 13.4. The minimum Gasteiger partial charge on any atom is -0.493 e. The van der Waals surface area contributed by atoms with E-state index >= 15 is 0 Å². The minimum atomic E-state index is -4.57. The Balaban J connectivity index is 1.66. The van der Waals surface area contributed by atoms with Crippen LogP contribution in [0.2, 0.25) is 0 Å². The van der Waals surface area contributed by atoms with Crippen molar-refractivity contribution in [3.8, 4) is 17.6 Å². The van der Waals surface area contributed by atoms with Gasteiger partial charge >= 0.3 is 6.18 Å². The third-order valence-electron chi connectivity index (χ3n) is 4.50. The predicted molar refractivity (Wildman–Crippen MR) is 95.2 cm³/mol. The van der Waals surface area contributed by atoms with Crippen LogP contribution < -0.4 is 14.4 Å². The van der Waals surface area contributed by atoms with Gasteiger partial charge in [-0.15, -0.1) is 0 Å². The van der Waals surface area contributed by atoms with Crippen molar-refractivity contribution in [1.29, 1.82) is 5.26 Å². The lowest BCUT2D eigenvalue weighted by molar-refractivity contribution is -0.144. The molecule has 3 rings (SSSR count). The number of nitriles is 1. The molecule has 0 spiro atoms. The van der Waals surface area contributed by atoms with Crippen molar-refractivity contribution in [3.05, 3.63) is 41.9 Å². The summed E-state index contributed by atoms with van der Waals surface area (Å²) in [5.74, 6) is 0.254. The number of rotatable bonds is 5. The largest absolute Gasteiger partial charge is 0.493 e. The third kappa shape index (κ3) is 4.63. The highest BCUT2D eigenvalue weighted by atomic mass is 19.4. The van der Waals surface area contributed by atoms with Gasteiger partial charge in [-0.25, -0.2) is 9.97 Å². The van der Waals surface area contributed by atoms with E-state index in [9.17, 15) is 13.2 Å². The molecule has 28 heavy (non-hydrogen) atoms. The Hall–Kier alpha value is -3.02. The number of nitrogens with zero attached hydrogens (tertiary/aromatic N) is 4. The molecular weight excluding hydrogens is 373 g/mol. The highest BCUT2D eigenvalue weighted by molar-refractivity contribution is 5.46. The lowest BCUT2D eigenvalue weighted by Gasteiger charge is -2.33. The highest BCUT2D eigenvalue weighted by Gasteiger charge is 2.35. The molecule has 1 unspecified atom stereocenters. The zero-order valence-corrected chi connectivity index (χ0v) is 15.2. The molecule has 9 heteroatoms. The van der Waals surface area contributed by atoms with Crippen molar-refractivity contribution in [3.63, 3.8) is 0 Å². The number of anilines is 1. The summed E-state index contributed by atoms with van der Waals surface area (Å²) in [6.07, 6.45) is -1.72. The van der Waals surface area contributed by atoms with Crippen LogP contribution in [-0.4, -0.2) is 36.8 Å². The van der Waals surface area contributed by atoms with E-state index in [1.54, 1.807) is 18.2 Å². The van der Waals surface area contributed by atoms with Crippen LogP contribution in [0.4, 0.5) is 19.0 Å². The summed E-state index contributed by atoms with van der Waals surface area (Å²) in [6, 6.07) is 8.45. The number of halogens is 3. The normalized spacial score (nSPS) is 17.1. The van der Waals surface area contributed by atoms with Gasteiger partial charge in [-0.05, 0) is 31.0 Å². The standard InChI is InChI=1S/C19H19F3N4O2/c1-27-16-9-13(10-23)4-5-15(16)28-12-14-3-2-8-26(11-14)17-6-7-24-18(25-17)19(20,21)22/h4-7,9,14H,2-3,8,11-12H2,1H3. The summed E-state index contributed by atoms with van der Waals surface area (Å²) in [7, 11) is 1.50. The zero-order chi connectivity index (χ0) is 20.1. The van der Waals surface area contributed by atoms with Crippen LogP contribution in [0.15, 0.2) is 30.5 Å². The van der Waals surface area contributed by atoms with Crippen molar-refractivity contribution in [1.82, 2.24) is 9.97 Å². The molecule has 1 fully saturated rings. The summed E-state index contributed by atoms with van der Waals surface area (Å²) in [4.78, 5) is 8.80. The molecule has 2 aromatic rings. The second kappa shape index (κ2) is 8.33. The van der Waals surface area contributed by atoms with Crippen LogP contribution in [0.1, 0.15) is 24.2 Å². The van der Waals surface area contributed by atoms with E-state index in [0.717, 1.165) is 19.0 Å². The molecule has 0 amide bonds. The van der Waals surface area contributed by atoms with Crippen LogP contribution in [0.3, 0.4) is 0 Å². The lowest BCUT2D eigenvalue weighted by atomic mass is 9.99. The Bertz CT molecular complexity index is 867. The maximum absolute atomic E-state index is 12.9. The van der Waals surface area contributed by atoms with Crippen molar-refractivity contribution in [2.24, 2.45) is 5.92 Å². The Kier molecular flexibility index (Phi) is 5.87. The summed E-state index contributed by atoms with van der Waals surface area (Å²) in [5, 5.41) is 8.96. The van der Waals surface area contributed by atoms with Gasteiger partial charge in [0, 0.05) is 31.3 Å². The average Bonchev–Trinajstić information content (AvgIpc) is 2.71. The molecule has 6 nitrogen and oxygen atoms in total. The number of ether oxygens (including phenoxy) is 2. The second-order valence-corrected chi connectivity index (χ2v) is 6.48. The topological polar surface area (TPSA) is 71.3 Å². The minimum absolute atomic E-state index is 0.124. The number of piperidine rings is 1. The predicted octanol–water partition coefficient (Wildman–Crippen LogP) is 3.67. The van der Waals surface area contributed by atoms with E-state index in [-0.39, 0.29) is 11.7 Å². The van der Waals surface area contributed by atoms with Crippen LogP contribution in [-0.2, 0) is 6.18 Å². The third-order valence-corrected chi connectivity index (χ3v) is 4.50. The molecule has 1 aliphatic rings. The van der Waals surface area contributed by atoms with Crippen molar-refractivity contribution < 1.29 is 22.6 Å². The first-order valence-corrected chi connectivity index (χ1v) is 8.77. The fourth-order valence-electron chi connectivity index (χ4n) is 3.14. The lowest BCUT2D eigenvalue weighted by Crippen LogP contribution is -2.38. The van der Waals surface area contributed by atoms with Crippen LogP contribution >= 0.6 is 0 Å². The Morgan fingerprint density at radius 2 is 2.11 bits per heavy atom. The molecule has 0 radical (unpaired) electrons. The van der Waals surface area contributed by atoms with Crippen LogP contribution in [0.5, 0.6) is 11.5 Å². The van der Waals surface area contributed by atoms with Gasteiger partial charge < -0.3 is 14.4 Å². The highest BCUT2D eigenvalue weighted by Crippen LogP contribution is 2.31. The molecule has 1 aromatic carbocycles. The van der Waals surface area contributed by atoms with Crippen molar-refractivity contribution in [2.75, 3.05) is 31.7 Å². The van der Waals surface area contributed by atoms with Crippen LogP contribution in [0, 0.1) is 17.2 Å². The maximum Gasteiger partial charge on any atom is 0.451 e. The first kappa shape index (κ1) is 19.7. The quantitative estimate of drug-likeness (QED) is 0.773. The summed E-state index contributed by atoms with van der Waals surface area (Å²) in [5.41, 5.74) is 0.470. The second-order valence-electron chi connectivity index (χ2n) is 6.48. The van der Waals surface area contributed by atoms with Gasteiger partial charge in [-0.3, -0.25) is 0 Å². The molecule has 1 aliphatic heterocycles. The summed E-state index contributed by atoms with van der Waals surface area (Å²) in [6.45, 7) is 1.55. The van der Waals surface area contributed by atoms with Gasteiger partial charge in [-0.1, -0.05) is 0 Å². The van der Waals surface area contributed by atoms with E-state index in [2.05, 4.69) is 9.97 Å². The molecule has 148 valence electrons. The van der Waals surface area contributed by atoms with Gasteiger partial charge in [0.1, 0.15) is 5.82 Å². The maximum atomic E-state index is 12.9. The molecule has 1 atom stereocenters. The summed E-state index contributed by atoms with van der Waals surface area (Å²) >= 11 is 0. The van der Waals surface area contributed by atoms with E-state index in [0.29, 0.717) is 36.8 Å². The summed E-state index contributed by atoms with van der Waals surface area (Å²) < 4.78 is 49.7. The van der Waals surface area contributed by atoms with Gasteiger partial charge in [0.15, 0.2) is 11.5 Å². The van der Waals surface area contributed by atoms with Gasteiger partial charge in [0.2, 0.25) is 5.82 Å². The number of benzene rings is 1. The van der Waals surface area contributed by atoms with Gasteiger partial charge in [-0.2, -0.15) is 18.4 Å². The fraction of sp³-hybridized carbons (Fsp3) is 0.421. The van der Waals surface area contributed by atoms with Gasteiger partial charge in [0.25, 0.3) is 0 Å². The number of aromatic nitrogens is 2. The van der Waals surface area contributed by atoms with E-state index < -0.39 is 12.0 Å². The zero-order valence-electron chi connectivity index (χ0n) is 15.2.